The molecule has 2 N–H and O–H groups in total. The number of nitrogens with one attached hydrogen (secondary N) is 1. The average molecular weight is 305 g/mol. The molecule has 1 aromatic carbocycles. The second-order valence-corrected chi connectivity index (χ2v) is 5.59. The highest BCUT2D eigenvalue weighted by Gasteiger charge is 2.43. The molecule has 1 aromatic rings. The number of hydrogen-bond donors (Lipinski definition) is 2. The van der Waals surface area contributed by atoms with Gasteiger partial charge < -0.3 is 9.84 Å². The molecule has 1 fully saturated rings. The fraction of sp³-hybridized carbons (Fsp3) is 0.412. The van der Waals surface area contributed by atoms with Crippen molar-refractivity contribution < 1.29 is 19.1 Å². The molecule has 2 aliphatic heterocycles. The minimum Gasteiger partial charge on any atom is -0.390 e. The standard InChI is InChI=1S/C17H20FNO3/c1-3-14(19-21-2)16-13(10-4-6-11(18)7-5-10)8-12-9-15(20)17(16)22-12/h3-7,12,15,17,19-20H,8-9H2,1-2H3/t12?,15?,17-/m1/s1. The molecular formula is C17H20FNO3. The summed E-state index contributed by atoms with van der Waals surface area (Å²) in [6.45, 7) is 1.89. The minimum absolute atomic E-state index is 0.00412. The van der Waals surface area contributed by atoms with Crippen LogP contribution in [0.25, 0.3) is 5.57 Å². The van der Waals surface area contributed by atoms with Crippen molar-refractivity contribution in [3.8, 4) is 0 Å². The van der Waals surface area contributed by atoms with Crippen molar-refractivity contribution in [3.63, 3.8) is 0 Å². The van der Waals surface area contributed by atoms with Gasteiger partial charge in [0.25, 0.3) is 0 Å². The normalized spacial score (nSPS) is 28.2. The molecule has 3 rings (SSSR count). The number of benzene rings is 1. The van der Waals surface area contributed by atoms with Crippen LogP contribution in [-0.4, -0.2) is 30.5 Å². The van der Waals surface area contributed by atoms with Gasteiger partial charge in [0.2, 0.25) is 0 Å². The molecule has 118 valence electrons. The van der Waals surface area contributed by atoms with E-state index in [1.807, 2.05) is 13.0 Å². The Kier molecular flexibility index (Phi) is 4.29. The molecule has 0 aromatic heterocycles. The van der Waals surface area contributed by atoms with Crippen molar-refractivity contribution in [2.75, 3.05) is 7.11 Å². The van der Waals surface area contributed by atoms with Gasteiger partial charge in [0.05, 0.1) is 25.0 Å². The number of aliphatic hydroxyl groups excluding tert-OH is 1. The Morgan fingerprint density at radius 1 is 1.41 bits per heavy atom. The Balaban J connectivity index is 2.10. The fourth-order valence-corrected chi connectivity index (χ4v) is 3.27. The van der Waals surface area contributed by atoms with Gasteiger partial charge in [0.1, 0.15) is 11.9 Å². The van der Waals surface area contributed by atoms with Crippen LogP contribution >= 0.6 is 0 Å². The Morgan fingerprint density at radius 3 is 2.77 bits per heavy atom. The lowest BCUT2D eigenvalue weighted by Gasteiger charge is -2.29. The molecule has 0 amide bonds. The van der Waals surface area contributed by atoms with Crippen molar-refractivity contribution in [1.82, 2.24) is 5.48 Å². The highest BCUT2D eigenvalue weighted by Crippen LogP contribution is 2.43. The highest BCUT2D eigenvalue weighted by molar-refractivity contribution is 5.75. The summed E-state index contributed by atoms with van der Waals surface area (Å²) < 4.78 is 19.1. The predicted molar refractivity (Wildman–Crippen MR) is 81.1 cm³/mol. The first-order valence-corrected chi connectivity index (χ1v) is 7.42. The zero-order valence-corrected chi connectivity index (χ0v) is 12.7. The van der Waals surface area contributed by atoms with Crippen LogP contribution in [0.5, 0.6) is 0 Å². The number of rotatable bonds is 4. The third-order valence-corrected chi connectivity index (χ3v) is 4.22. The fourth-order valence-electron chi connectivity index (χ4n) is 3.27. The SMILES string of the molecule is CC=C(NOC)C1=C(c2ccc(F)cc2)CC2CC(O)[C@H]1O2. The van der Waals surface area contributed by atoms with Crippen LogP contribution in [0, 0.1) is 5.82 Å². The molecule has 3 atom stereocenters. The zero-order chi connectivity index (χ0) is 15.7. The molecule has 5 heteroatoms. The number of fused-ring (bicyclic) bond motifs is 2. The van der Waals surface area contributed by atoms with E-state index in [0.29, 0.717) is 12.8 Å². The Bertz CT molecular complexity index is 609. The van der Waals surface area contributed by atoms with Gasteiger partial charge in [-0.25, -0.2) is 4.39 Å². The molecule has 2 unspecified atom stereocenters. The number of hydrogen-bond acceptors (Lipinski definition) is 4. The second kappa shape index (κ2) is 6.20. The summed E-state index contributed by atoms with van der Waals surface area (Å²) >= 11 is 0. The first-order valence-electron chi connectivity index (χ1n) is 7.42. The second-order valence-electron chi connectivity index (χ2n) is 5.59. The van der Waals surface area contributed by atoms with Crippen LogP contribution in [0.2, 0.25) is 0 Å². The first kappa shape index (κ1) is 15.2. The van der Waals surface area contributed by atoms with Crippen LogP contribution in [0.1, 0.15) is 25.3 Å². The summed E-state index contributed by atoms with van der Waals surface area (Å²) in [6, 6.07) is 6.43. The van der Waals surface area contributed by atoms with Gasteiger partial charge in [-0.05, 0) is 36.6 Å². The third-order valence-electron chi connectivity index (χ3n) is 4.22. The number of hydroxylamine groups is 1. The maximum absolute atomic E-state index is 13.2. The lowest BCUT2D eigenvalue weighted by atomic mass is 9.90. The van der Waals surface area contributed by atoms with E-state index in [4.69, 9.17) is 9.57 Å². The summed E-state index contributed by atoms with van der Waals surface area (Å²) in [5.41, 5.74) is 6.52. The van der Waals surface area contributed by atoms with Crippen molar-refractivity contribution >= 4 is 5.57 Å². The van der Waals surface area contributed by atoms with E-state index < -0.39 is 6.10 Å². The molecule has 2 bridgehead atoms. The molecule has 4 nitrogen and oxygen atoms in total. The van der Waals surface area contributed by atoms with Gasteiger partial charge in [-0.2, -0.15) is 0 Å². The molecule has 0 spiro atoms. The smallest absolute Gasteiger partial charge is 0.123 e. The third kappa shape index (κ3) is 2.67. The minimum atomic E-state index is -0.536. The van der Waals surface area contributed by atoms with Crippen molar-refractivity contribution in [2.24, 2.45) is 0 Å². The molecule has 0 saturated carbocycles. The average Bonchev–Trinajstić information content (AvgIpc) is 2.81. The van der Waals surface area contributed by atoms with Crippen LogP contribution in [0.4, 0.5) is 4.39 Å². The Hall–Kier alpha value is -1.69. The van der Waals surface area contributed by atoms with E-state index in [9.17, 15) is 9.50 Å². The summed E-state index contributed by atoms with van der Waals surface area (Å²) in [5, 5.41) is 10.3. The lowest BCUT2D eigenvalue weighted by Crippen LogP contribution is -2.31. The van der Waals surface area contributed by atoms with E-state index >= 15 is 0 Å². The van der Waals surface area contributed by atoms with Crippen LogP contribution in [0.15, 0.2) is 41.6 Å². The van der Waals surface area contributed by atoms with Crippen molar-refractivity contribution in [3.05, 3.63) is 53.0 Å². The molecule has 1 saturated heterocycles. The van der Waals surface area contributed by atoms with E-state index in [0.717, 1.165) is 22.4 Å². The Morgan fingerprint density at radius 2 is 2.14 bits per heavy atom. The topological polar surface area (TPSA) is 50.7 Å². The predicted octanol–water partition coefficient (Wildman–Crippen LogP) is 2.56. The lowest BCUT2D eigenvalue weighted by molar-refractivity contribution is 0.0253. The number of halogens is 1. The van der Waals surface area contributed by atoms with Gasteiger partial charge in [0.15, 0.2) is 0 Å². The summed E-state index contributed by atoms with van der Waals surface area (Å²) in [5.74, 6) is -0.262. The van der Waals surface area contributed by atoms with Gasteiger partial charge in [-0.1, -0.05) is 18.2 Å². The van der Waals surface area contributed by atoms with Crippen molar-refractivity contribution in [2.45, 2.75) is 38.1 Å². The maximum atomic E-state index is 13.2. The summed E-state index contributed by atoms with van der Waals surface area (Å²) in [7, 11) is 1.54. The van der Waals surface area contributed by atoms with Crippen LogP contribution in [0.3, 0.4) is 0 Å². The Labute approximate surface area is 129 Å². The van der Waals surface area contributed by atoms with E-state index in [1.54, 1.807) is 19.2 Å². The van der Waals surface area contributed by atoms with Gasteiger partial charge >= 0.3 is 0 Å². The van der Waals surface area contributed by atoms with Gasteiger partial charge in [-0.3, -0.25) is 10.3 Å². The molecule has 2 heterocycles. The van der Waals surface area contributed by atoms with E-state index in [2.05, 4.69) is 5.48 Å². The molecule has 22 heavy (non-hydrogen) atoms. The van der Waals surface area contributed by atoms with Gasteiger partial charge in [-0.15, -0.1) is 0 Å². The molecule has 0 radical (unpaired) electrons. The number of ether oxygens (including phenoxy) is 1. The highest BCUT2D eigenvalue weighted by atomic mass is 19.1. The zero-order valence-electron chi connectivity index (χ0n) is 12.7. The van der Waals surface area contributed by atoms with Gasteiger partial charge in [0, 0.05) is 12.0 Å². The summed E-state index contributed by atoms with van der Waals surface area (Å²) in [4.78, 5) is 5.04. The largest absolute Gasteiger partial charge is 0.390 e. The van der Waals surface area contributed by atoms with Crippen LogP contribution < -0.4 is 5.48 Å². The summed E-state index contributed by atoms with van der Waals surface area (Å²) in [6.07, 6.45) is 2.28. The van der Waals surface area contributed by atoms with E-state index in [1.165, 1.54) is 12.1 Å². The quantitative estimate of drug-likeness (QED) is 0.840. The van der Waals surface area contributed by atoms with Crippen molar-refractivity contribution in [1.29, 1.82) is 0 Å². The monoisotopic (exact) mass is 305 g/mol. The molecular weight excluding hydrogens is 285 g/mol. The first-order chi connectivity index (χ1) is 10.6. The maximum Gasteiger partial charge on any atom is 0.123 e. The molecule has 2 aliphatic rings. The number of allylic oxidation sites excluding steroid dienone is 1. The van der Waals surface area contributed by atoms with Crippen LogP contribution in [-0.2, 0) is 9.57 Å². The number of aliphatic hydroxyl groups is 1. The molecule has 0 aliphatic carbocycles. The van der Waals surface area contributed by atoms with E-state index in [-0.39, 0.29) is 18.0 Å².